The largest absolute Gasteiger partial charge is 0.353 e. The van der Waals surface area contributed by atoms with Crippen LogP contribution in [-0.4, -0.2) is 58.9 Å². The van der Waals surface area contributed by atoms with Gasteiger partial charge in [-0.1, -0.05) is 0 Å². The zero-order chi connectivity index (χ0) is 16.9. The molecule has 1 saturated heterocycles. The van der Waals surface area contributed by atoms with E-state index in [1.54, 1.807) is 6.20 Å². The summed E-state index contributed by atoms with van der Waals surface area (Å²) in [7, 11) is 0. The molecule has 0 spiro atoms. The summed E-state index contributed by atoms with van der Waals surface area (Å²) in [6.45, 7) is 12.0. The lowest BCUT2D eigenvalue weighted by atomic mass is 9.87. The lowest BCUT2D eigenvalue weighted by molar-refractivity contribution is -0.132. The molecule has 0 radical (unpaired) electrons. The number of nitrogens with zero attached hydrogens (tertiary/aromatic N) is 3. The lowest BCUT2D eigenvalue weighted by Gasteiger charge is -2.37. The molecule has 2 heterocycles. The summed E-state index contributed by atoms with van der Waals surface area (Å²) in [5, 5.41) is 10.8. The van der Waals surface area contributed by atoms with Crippen molar-refractivity contribution < 1.29 is 4.79 Å². The number of rotatable bonds is 7. The van der Waals surface area contributed by atoms with Crippen LogP contribution in [0.3, 0.4) is 0 Å². The van der Waals surface area contributed by atoms with Crippen molar-refractivity contribution in [3.63, 3.8) is 0 Å². The van der Waals surface area contributed by atoms with Crippen LogP contribution in [0.1, 0.15) is 40.5 Å². The Kier molecular flexibility index (Phi) is 10.7. The van der Waals surface area contributed by atoms with Crippen molar-refractivity contribution in [1.82, 2.24) is 25.3 Å². The van der Waals surface area contributed by atoms with Gasteiger partial charge in [-0.05, 0) is 59.7 Å². The Morgan fingerprint density at radius 1 is 1.24 bits per heavy atom. The first-order chi connectivity index (χ1) is 11.0. The summed E-state index contributed by atoms with van der Waals surface area (Å²) in [5.41, 5.74) is -0.546. The topological polar surface area (TPSA) is 62.2 Å². The SMILES string of the molecule is CC(C)N(CCNC(=O)C1(n2cccn2)CCNCC1)C(C)C.Cl.Cl. The monoisotopic (exact) mass is 393 g/mol. The number of carbonyl (C=O) groups is 1. The van der Waals surface area contributed by atoms with E-state index in [1.165, 1.54) is 0 Å². The van der Waals surface area contributed by atoms with Crippen molar-refractivity contribution in [2.45, 2.75) is 58.2 Å². The van der Waals surface area contributed by atoms with E-state index in [4.69, 9.17) is 0 Å². The number of halogens is 2. The second-order valence-corrected chi connectivity index (χ2v) is 6.91. The Hall–Kier alpha value is -0.820. The summed E-state index contributed by atoms with van der Waals surface area (Å²) >= 11 is 0. The Morgan fingerprint density at radius 2 is 1.84 bits per heavy atom. The van der Waals surface area contributed by atoms with E-state index in [0.29, 0.717) is 18.6 Å². The minimum absolute atomic E-state index is 0. The van der Waals surface area contributed by atoms with Gasteiger partial charge in [0.15, 0.2) is 0 Å². The van der Waals surface area contributed by atoms with Gasteiger partial charge < -0.3 is 10.6 Å². The maximum Gasteiger partial charge on any atom is 0.248 e. The van der Waals surface area contributed by atoms with Crippen molar-refractivity contribution in [2.24, 2.45) is 0 Å². The van der Waals surface area contributed by atoms with Crippen LogP contribution in [0.15, 0.2) is 18.5 Å². The molecule has 1 aliphatic rings. The van der Waals surface area contributed by atoms with Crippen molar-refractivity contribution in [3.05, 3.63) is 18.5 Å². The summed E-state index contributed by atoms with van der Waals surface area (Å²) < 4.78 is 1.84. The summed E-state index contributed by atoms with van der Waals surface area (Å²) in [4.78, 5) is 15.3. The van der Waals surface area contributed by atoms with Crippen LogP contribution in [0.2, 0.25) is 0 Å². The molecule has 1 amide bonds. The molecule has 0 aliphatic carbocycles. The molecule has 1 aliphatic heterocycles. The number of piperidine rings is 1. The van der Waals surface area contributed by atoms with Crippen LogP contribution in [0.5, 0.6) is 0 Å². The highest BCUT2D eigenvalue weighted by atomic mass is 35.5. The van der Waals surface area contributed by atoms with E-state index in [-0.39, 0.29) is 30.7 Å². The van der Waals surface area contributed by atoms with Crippen molar-refractivity contribution >= 4 is 30.7 Å². The highest BCUT2D eigenvalue weighted by Crippen LogP contribution is 2.27. The predicted octanol–water partition coefficient (Wildman–Crippen LogP) is 2.04. The van der Waals surface area contributed by atoms with Gasteiger partial charge in [-0.2, -0.15) is 5.10 Å². The number of carbonyl (C=O) groups excluding carboxylic acids is 1. The van der Waals surface area contributed by atoms with Gasteiger partial charge in [0.1, 0.15) is 5.54 Å². The number of hydrogen-bond donors (Lipinski definition) is 2. The van der Waals surface area contributed by atoms with Gasteiger partial charge in [0.2, 0.25) is 5.91 Å². The quantitative estimate of drug-likeness (QED) is 0.743. The van der Waals surface area contributed by atoms with Crippen molar-refractivity contribution in [2.75, 3.05) is 26.2 Å². The van der Waals surface area contributed by atoms with Gasteiger partial charge >= 0.3 is 0 Å². The molecule has 6 nitrogen and oxygen atoms in total. The minimum Gasteiger partial charge on any atom is -0.353 e. The van der Waals surface area contributed by atoms with E-state index < -0.39 is 5.54 Å². The first-order valence-electron chi connectivity index (χ1n) is 8.72. The molecule has 1 fully saturated rings. The van der Waals surface area contributed by atoms with E-state index in [1.807, 2.05) is 16.9 Å². The zero-order valence-electron chi connectivity index (χ0n) is 15.7. The second-order valence-electron chi connectivity index (χ2n) is 6.91. The molecular weight excluding hydrogens is 361 g/mol. The van der Waals surface area contributed by atoms with Crippen LogP contribution in [0.25, 0.3) is 0 Å². The van der Waals surface area contributed by atoms with E-state index in [9.17, 15) is 4.79 Å². The van der Waals surface area contributed by atoms with E-state index >= 15 is 0 Å². The fraction of sp³-hybridized carbons (Fsp3) is 0.765. The number of nitrogens with one attached hydrogen (secondary N) is 2. The Bertz CT molecular complexity index is 479. The molecule has 2 rings (SSSR count). The Labute approximate surface area is 163 Å². The normalized spacial score (nSPS) is 16.4. The molecule has 25 heavy (non-hydrogen) atoms. The first-order valence-corrected chi connectivity index (χ1v) is 8.72. The van der Waals surface area contributed by atoms with Crippen molar-refractivity contribution in [3.8, 4) is 0 Å². The van der Waals surface area contributed by atoms with Gasteiger partial charge in [-0.15, -0.1) is 24.8 Å². The fourth-order valence-corrected chi connectivity index (χ4v) is 3.50. The van der Waals surface area contributed by atoms with Crippen LogP contribution < -0.4 is 10.6 Å². The van der Waals surface area contributed by atoms with E-state index in [2.05, 4.69) is 48.3 Å². The molecule has 0 aromatic carbocycles. The molecule has 0 bridgehead atoms. The van der Waals surface area contributed by atoms with Crippen LogP contribution in [-0.2, 0) is 10.3 Å². The zero-order valence-corrected chi connectivity index (χ0v) is 17.3. The number of amides is 1. The average Bonchev–Trinajstić information content (AvgIpc) is 3.06. The van der Waals surface area contributed by atoms with Crippen LogP contribution in [0, 0.1) is 0 Å². The molecule has 1 aromatic rings. The van der Waals surface area contributed by atoms with E-state index in [0.717, 1.165) is 32.5 Å². The Morgan fingerprint density at radius 3 is 2.32 bits per heavy atom. The standard InChI is InChI=1S/C17H31N5O.2ClH/c1-14(2)21(15(3)4)13-11-19-16(23)17(6-9-18-10-7-17)22-12-5-8-20-22;;/h5,8,12,14-15,18H,6-7,9-11,13H2,1-4H3,(H,19,23);2*1H. The van der Waals surface area contributed by atoms with Gasteiger partial charge in [0.05, 0.1) is 0 Å². The Balaban J connectivity index is 0.00000288. The summed E-state index contributed by atoms with van der Waals surface area (Å²) in [5.74, 6) is 0.0927. The third kappa shape index (κ3) is 5.84. The molecule has 8 heteroatoms. The molecule has 2 N–H and O–H groups in total. The third-order valence-electron chi connectivity index (χ3n) is 4.78. The molecular formula is C17H33Cl2N5O. The first kappa shape index (κ1) is 24.2. The molecule has 146 valence electrons. The minimum atomic E-state index is -0.546. The molecule has 0 saturated carbocycles. The van der Waals surface area contributed by atoms with Gasteiger partial charge in [0, 0.05) is 37.6 Å². The summed E-state index contributed by atoms with van der Waals surface area (Å²) in [6.07, 6.45) is 5.20. The van der Waals surface area contributed by atoms with Gasteiger partial charge in [-0.3, -0.25) is 14.4 Å². The van der Waals surface area contributed by atoms with Crippen LogP contribution >= 0.6 is 24.8 Å². The van der Waals surface area contributed by atoms with Crippen LogP contribution in [0.4, 0.5) is 0 Å². The molecule has 1 aromatic heterocycles. The smallest absolute Gasteiger partial charge is 0.248 e. The molecule has 0 unspecified atom stereocenters. The maximum atomic E-state index is 12.9. The molecule has 0 atom stereocenters. The number of aromatic nitrogens is 2. The second kappa shape index (κ2) is 11.0. The highest BCUT2D eigenvalue weighted by Gasteiger charge is 2.41. The van der Waals surface area contributed by atoms with Crippen molar-refractivity contribution in [1.29, 1.82) is 0 Å². The maximum absolute atomic E-state index is 12.9. The number of hydrogen-bond acceptors (Lipinski definition) is 4. The predicted molar refractivity (Wildman–Crippen MR) is 107 cm³/mol. The lowest BCUT2D eigenvalue weighted by Crippen LogP contribution is -2.55. The summed E-state index contributed by atoms with van der Waals surface area (Å²) in [6, 6.07) is 2.84. The average molecular weight is 394 g/mol. The third-order valence-corrected chi connectivity index (χ3v) is 4.78. The van der Waals surface area contributed by atoms with Gasteiger partial charge in [-0.25, -0.2) is 0 Å². The highest BCUT2D eigenvalue weighted by molar-refractivity contribution is 5.85. The fourth-order valence-electron chi connectivity index (χ4n) is 3.50. The van der Waals surface area contributed by atoms with Gasteiger partial charge in [0.25, 0.3) is 0 Å².